The number of amides is 1. The van der Waals surface area contributed by atoms with Gasteiger partial charge in [0.05, 0.1) is 13.1 Å². The number of halogens is 3. The van der Waals surface area contributed by atoms with Crippen LogP contribution in [0.1, 0.15) is 11.6 Å². The lowest BCUT2D eigenvalue weighted by Crippen LogP contribution is -2.41. The number of alkyl halides is 3. The molecule has 1 aliphatic rings. The van der Waals surface area contributed by atoms with Crippen LogP contribution in [0.4, 0.5) is 18.9 Å². The average molecular weight is 325 g/mol. The Morgan fingerprint density at radius 1 is 1.17 bits per heavy atom. The lowest BCUT2D eigenvalue weighted by molar-refractivity contribution is -0.148. The Bertz CT molecular complexity index is 698. The molecule has 0 saturated heterocycles. The van der Waals surface area contributed by atoms with Crippen molar-refractivity contribution in [2.45, 2.75) is 19.3 Å². The molecule has 122 valence electrons. The molecular weight excluding hydrogens is 311 g/mol. The molecule has 2 aromatic rings. The summed E-state index contributed by atoms with van der Waals surface area (Å²) in [5, 5.41) is 9.72. The van der Waals surface area contributed by atoms with Gasteiger partial charge in [-0.3, -0.25) is 4.79 Å². The smallest absolute Gasteiger partial charge is 0.376 e. The van der Waals surface area contributed by atoms with Crippen LogP contribution in [0, 0.1) is 0 Å². The number of hydrogen-bond donors (Lipinski definition) is 1. The Morgan fingerprint density at radius 2 is 1.91 bits per heavy atom. The fourth-order valence-corrected chi connectivity index (χ4v) is 2.43. The number of nitrogens with zero attached hydrogens (tertiary/aromatic N) is 4. The van der Waals surface area contributed by atoms with E-state index in [-0.39, 0.29) is 37.9 Å². The third kappa shape index (κ3) is 3.27. The number of anilines is 1. The van der Waals surface area contributed by atoms with Crippen molar-refractivity contribution in [3.8, 4) is 0 Å². The summed E-state index contributed by atoms with van der Waals surface area (Å²) in [5.41, 5.74) is 0.806. The zero-order chi connectivity index (χ0) is 16.4. The van der Waals surface area contributed by atoms with E-state index in [1.165, 1.54) is 4.90 Å². The number of benzene rings is 1. The van der Waals surface area contributed by atoms with Gasteiger partial charge in [-0.1, -0.05) is 18.2 Å². The third-order valence-corrected chi connectivity index (χ3v) is 3.58. The van der Waals surface area contributed by atoms with E-state index in [0.29, 0.717) is 0 Å². The van der Waals surface area contributed by atoms with Crippen LogP contribution in [0.25, 0.3) is 0 Å². The molecule has 2 heterocycles. The van der Waals surface area contributed by atoms with Crippen molar-refractivity contribution >= 4 is 11.6 Å². The molecule has 0 bridgehead atoms. The summed E-state index contributed by atoms with van der Waals surface area (Å²) in [6.45, 7) is 0.334. The molecule has 0 unspecified atom stereocenters. The Balaban J connectivity index is 1.63. The zero-order valence-electron chi connectivity index (χ0n) is 12.0. The first-order valence-electron chi connectivity index (χ1n) is 7.01. The lowest BCUT2D eigenvalue weighted by atomic mass is 10.3. The van der Waals surface area contributed by atoms with E-state index >= 15 is 0 Å². The van der Waals surface area contributed by atoms with Crippen LogP contribution in [0.15, 0.2) is 30.3 Å². The molecular formula is C14H14F3N5O. The van der Waals surface area contributed by atoms with Crippen molar-refractivity contribution in [3.63, 3.8) is 0 Å². The molecule has 0 aliphatic carbocycles. The first-order valence-corrected chi connectivity index (χ1v) is 7.01. The fraction of sp³-hybridized carbons (Fsp3) is 0.357. The van der Waals surface area contributed by atoms with Crippen LogP contribution in [0.5, 0.6) is 0 Å². The molecule has 0 fully saturated rings. The van der Waals surface area contributed by atoms with Gasteiger partial charge in [0.1, 0.15) is 0 Å². The highest BCUT2D eigenvalue weighted by molar-refractivity contribution is 5.80. The zero-order valence-corrected chi connectivity index (χ0v) is 12.0. The molecule has 6 nitrogen and oxygen atoms in total. The predicted octanol–water partition coefficient (Wildman–Crippen LogP) is 1.75. The van der Waals surface area contributed by atoms with E-state index in [9.17, 15) is 18.0 Å². The molecule has 9 heteroatoms. The van der Waals surface area contributed by atoms with Gasteiger partial charge in [-0.25, -0.2) is 0 Å². The first-order chi connectivity index (χ1) is 10.9. The summed E-state index contributed by atoms with van der Waals surface area (Å²) in [6, 6.07) is 9.21. The number of aromatic nitrogens is 3. The topological polar surface area (TPSA) is 63.1 Å². The third-order valence-electron chi connectivity index (χ3n) is 3.58. The minimum atomic E-state index is -4.54. The highest BCUT2D eigenvalue weighted by Crippen LogP contribution is 2.29. The van der Waals surface area contributed by atoms with Crippen LogP contribution in [-0.4, -0.2) is 38.7 Å². The quantitative estimate of drug-likeness (QED) is 0.934. The van der Waals surface area contributed by atoms with E-state index in [0.717, 1.165) is 10.3 Å². The van der Waals surface area contributed by atoms with Crippen molar-refractivity contribution in [1.82, 2.24) is 19.7 Å². The molecule has 0 spiro atoms. The number of carbonyl (C=O) groups is 1. The van der Waals surface area contributed by atoms with Gasteiger partial charge in [0.2, 0.25) is 11.7 Å². The first kappa shape index (κ1) is 15.3. The number of rotatable bonds is 3. The normalized spacial score (nSPS) is 14.5. The molecule has 1 aromatic heterocycles. The van der Waals surface area contributed by atoms with E-state index in [1.54, 1.807) is 0 Å². The Hall–Kier alpha value is -2.58. The predicted molar refractivity (Wildman–Crippen MR) is 75.4 cm³/mol. The maximum atomic E-state index is 12.8. The fourth-order valence-electron chi connectivity index (χ4n) is 2.43. The second kappa shape index (κ2) is 5.90. The van der Waals surface area contributed by atoms with Gasteiger partial charge >= 0.3 is 6.18 Å². The van der Waals surface area contributed by atoms with Crippen LogP contribution < -0.4 is 5.32 Å². The largest absolute Gasteiger partial charge is 0.451 e. The van der Waals surface area contributed by atoms with Gasteiger partial charge < -0.3 is 14.8 Å². The van der Waals surface area contributed by atoms with Gasteiger partial charge in [-0.15, -0.1) is 10.2 Å². The minimum Gasteiger partial charge on any atom is -0.376 e. The number of para-hydroxylation sites is 1. The molecule has 3 rings (SSSR count). The van der Waals surface area contributed by atoms with Crippen LogP contribution >= 0.6 is 0 Å². The van der Waals surface area contributed by atoms with Crippen molar-refractivity contribution in [2.24, 2.45) is 0 Å². The number of carbonyl (C=O) groups excluding carboxylic acids is 1. The monoisotopic (exact) mass is 325 g/mol. The Kier molecular flexibility index (Phi) is 3.93. The van der Waals surface area contributed by atoms with Crippen molar-refractivity contribution in [1.29, 1.82) is 0 Å². The molecule has 23 heavy (non-hydrogen) atoms. The summed E-state index contributed by atoms with van der Waals surface area (Å²) < 4.78 is 39.3. The van der Waals surface area contributed by atoms with E-state index in [4.69, 9.17) is 0 Å². The number of hydrogen-bond acceptors (Lipinski definition) is 4. The molecule has 1 N–H and O–H groups in total. The molecule has 1 amide bonds. The summed E-state index contributed by atoms with van der Waals surface area (Å²) >= 11 is 0. The van der Waals surface area contributed by atoms with Crippen molar-refractivity contribution in [2.75, 3.05) is 18.4 Å². The highest BCUT2D eigenvalue weighted by Gasteiger charge is 2.39. The maximum Gasteiger partial charge on any atom is 0.451 e. The van der Waals surface area contributed by atoms with Crippen molar-refractivity contribution < 1.29 is 18.0 Å². The van der Waals surface area contributed by atoms with Crippen LogP contribution in [-0.2, 0) is 24.1 Å². The Morgan fingerprint density at radius 3 is 2.61 bits per heavy atom. The number of fused-ring (bicyclic) bond motifs is 1. The summed E-state index contributed by atoms with van der Waals surface area (Å²) in [5.74, 6) is -1.06. The van der Waals surface area contributed by atoms with Crippen LogP contribution in [0.3, 0.4) is 0 Å². The lowest BCUT2D eigenvalue weighted by Gasteiger charge is -2.28. The van der Waals surface area contributed by atoms with Crippen molar-refractivity contribution in [3.05, 3.63) is 42.0 Å². The van der Waals surface area contributed by atoms with Gasteiger partial charge in [-0.05, 0) is 12.1 Å². The molecule has 1 aromatic carbocycles. The summed E-state index contributed by atoms with van der Waals surface area (Å²) in [4.78, 5) is 13.6. The van der Waals surface area contributed by atoms with Gasteiger partial charge in [0, 0.05) is 18.8 Å². The summed E-state index contributed by atoms with van der Waals surface area (Å²) in [7, 11) is 0. The minimum absolute atomic E-state index is 0.0262. The Labute approximate surface area is 129 Å². The SMILES string of the molecule is O=C(CNc1ccccc1)N1CCn2c(nnc2C(F)(F)F)C1. The second-order valence-electron chi connectivity index (χ2n) is 5.12. The van der Waals surface area contributed by atoms with E-state index in [2.05, 4.69) is 15.5 Å². The molecule has 0 atom stereocenters. The standard InChI is InChI=1S/C14H14F3N5O/c15-14(16,17)13-20-19-11-9-21(6-7-22(11)13)12(23)8-18-10-4-2-1-3-5-10/h1-5,18H,6-9H2. The molecule has 1 aliphatic heterocycles. The molecule has 0 radical (unpaired) electrons. The van der Waals surface area contributed by atoms with E-state index in [1.807, 2.05) is 30.3 Å². The van der Waals surface area contributed by atoms with Gasteiger partial charge in [0.25, 0.3) is 0 Å². The van der Waals surface area contributed by atoms with E-state index < -0.39 is 12.0 Å². The second-order valence-corrected chi connectivity index (χ2v) is 5.12. The van der Waals surface area contributed by atoms with Gasteiger partial charge in [0.15, 0.2) is 5.82 Å². The average Bonchev–Trinajstić information content (AvgIpc) is 2.96. The van der Waals surface area contributed by atoms with Gasteiger partial charge in [-0.2, -0.15) is 13.2 Å². The molecule has 0 saturated carbocycles. The van der Waals surface area contributed by atoms with Crippen LogP contribution in [0.2, 0.25) is 0 Å². The maximum absolute atomic E-state index is 12.8. The highest BCUT2D eigenvalue weighted by atomic mass is 19.4. The summed E-state index contributed by atoms with van der Waals surface area (Å²) in [6.07, 6.45) is -4.54. The number of nitrogens with one attached hydrogen (secondary N) is 1.